The van der Waals surface area contributed by atoms with Gasteiger partial charge in [0.1, 0.15) is 17.1 Å². The molecule has 0 saturated carbocycles. The Morgan fingerprint density at radius 1 is 1.33 bits per heavy atom. The molecule has 0 radical (unpaired) electrons. The number of nitrogen functional groups attached to an aromatic ring is 1. The maximum Gasteiger partial charge on any atom is 0.341 e. The molecule has 6 heteroatoms. The number of anilines is 1. The van der Waals surface area contributed by atoms with Crippen molar-refractivity contribution < 1.29 is 24.2 Å². The second-order valence-corrected chi connectivity index (χ2v) is 3.71. The van der Waals surface area contributed by atoms with Gasteiger partial charge in [-0.1, -0.05) is 0 Å². The van der Waals surface area contributed by atoms with Gasteiger partial charge in [0.25, 0.3) is 0 Å². The van der Waals surface area contributed by atoms with E-state index < -0.39 is 11.8 Å². The Kier molecular flexibility index (Phi) is 4.04. The largest absolute Gasteiger partial charge is 0.496 e. The zero-order valence-corrected chi connectivity index (χ0v) is 10.0. The highest BCUT2D eigenvalue weighted by Gasteiger charge is 2.21. The topological polar surface area (TPSA) is 107 Å². The summed E-state index contributed by atoms with van der Waals surface area (Å²) >= 11 is 0. The molecular formula is C12H13NO5. The molecule has 0 heterocycles. The lowest BCUT2D eigenvalue weighted by Gasteiger charge is -2.11. The van der Waals surface area contributed by atoms with E-state index in [0.717, 1.165) is 0 Å². The van der Waals surface area contributed by atoms with Crippen LogP contribution in [0.3, 0.4) is 0 Å². The second-order valence-electron chi connectivity index (χ2n) is 3.71. The molecule has 1 aromatic carbocycles. The molecule has 0 aromatic heterocycles. The molecule has 18 heavy (non-hydrogen) atoms. The van der Waals surface area contributed by atoms with Crippen molar-refractivity contribution in [3.8, 4) is 5.75 Å². The molecular weight excluding hydrogens is 238 g/mol. The molecule has 0 fully saturated rings. The van der Waals surface area contributed by atoms with Gasteiger partial charge in [0.05, 0.1) is 19.2 Å². The van der Waals surface area contributed by atoms with Crippen molar-refractivity contribution in [2.24, 2.45) is 0 Å². The zero-order chi connectivity index (χ0) is 13.9. The van der Waals surface area contributed by atoms with Crippen LogP contribution in [0.25, 0.3) is 0 Å². The minimum Gasteiger partial charge on any atom is -0.496 e. The molecule has 96 valence electrons. The highest BCUT2D eigenvalue weighted by Crippen LogP contribution is 2.28. The number of carboxylic acids is 1. The average Bonchev–Trinajstić information content (AvgIpc) is 2.26. The van der Waals surface area contributed by atoms with E-state index in [1.54, 1.807) is 0 Å². The lowest BCUT2D eigenvalue weighted by molar-refractivity contribution is -0.116. The van der Waals surface area contributed by atoms with E-state index >= 15 is 0 Å². The molecule has 0 bridgehead atoms. The van der Waals surface area contributed by atoms with Gasteiger partial charge >= 0.3 is 5.97 Å². The lowest BCUT2D eigenvalue weighted by Crippen LogP contribution is -2.13. The van der Waals surface area contributed by atoms with E-state index in [1.807, 2.05) is 0 Å². The molecule has 0 spiro atoms. The molecule has 0 amide bonds. The number of rotatable bonds is 5. The van der Waals surface area contributed by atoms with Crippen LogP contribution in [0.4, 0.5) is 5.69 Å². The number of ether oxygens (including phenoxy) is 1. The summed E-state index contributed by atoms with van der Waals surface area (Å²) in [6.45, 7) is 1.27. The summed E-state index contributed by atoms with van der Waals surface area (Å²) in [6.07, 6.45) is -0.310. The van der Waals surface area contributed by atoms with Gasteiger partial charge in [0.15, 0.2) is 5.78 Å². The SMILES string of the molecule is COc1ccc(C(=O)CC(C)=O)c(N)c1C(=O)O. The standard InChI is InChI=1S/C12H13NO5/c1-6(14)5-8(15)7-3-4-9(18-2)10(11(7)13)12(16)17/h3-4H,5,13H2,1-2H3,(H,16,17). The molecule has 6 nitrogen and oxygen atoms in total. The number of carbonyl (C=O) groups is 3. The van der Waals surface area contributed by atoms with Gasteiger partial charge in [-0.05, 0) is 19.1 Å². The third-order valence-electron chi connectivity index (χ3n) is 2.35. The molecule has 0 saturated heterocycles. The van der Waals surface area contributed by atoms with Crippen molar-refractivity contribution in [3.63, 3.8) is 0 Å². The number of carboxylic acid groups (broad SMARTS) is 1. The summed E-state index contributed by atoms with van der Waals surface area (Å²) in [5, 5.41) is 9.03. The second kappa shape index (κ2) is 5.31. The number of methoxy groups -OCH3 is 1. The van der Waals surface area contributed by atoms with Gasteiger partial charge in [-0.15, -0.1) is 0 Å². The zero-order valence-electron chi connectivity index (χ0n) is 10.0. The van der Waals surface area contributed by atoms with Crippen LogP contribution in [-0.2, 0) is 4.79 Å². The Balaban J connectivity index is 3.32. The van der Waals surface area contributed by atoms with Crippen LogP contribution >= 0.6 is 0 Å². The molecule has 3 N–H and O–H groups in total. The minimum atomic E-state index is -1.29. The third-order valence-corrected chi connectivity index (χ3v) is 2.35. The van der Waals surface area contributed by atoms with E-state index in [2.05, 4.69) is 0 Å². The predicted molar refractivity (Wildman–Crippen MR) is 64.0 cm³/mol. The summed E-state index contributed by atoms with van der Waals surface area (Å²) in [6, 6.07) is 2.69. The first-order valence-electron chi connectivity index (χ1n) is 5.10. The van der Waals surface area contributed by atoms with Gasteiger partial charge in [0.2, 0.25) is 0 Å². The van der Waals surface area contributed by atoms with Gasteiger partial charge in [0, 0.05) is 5.56 Å². The van der Waals surface area contributed by atoms with Crippen molar-refractivity contribution in [2.45, 2.75) is 13.3 Å². The van der Waals surface area contributed by atoms with Crippen LogP contribution in [0.15, 0.2) is 12.1 Å². The number of carbonyl (C=O) groups excluding carboxylic acids is 2. The molecule has 0 aliphatic carbocycles. The van der Waals surface area contributed by atoms with Crippen LogP contribution in [0, 0.1) is 0 Å². The van der Waals surface area contributed by atoms with Crippen molar-refractivity contribution in [2.75, 3.05) is 12.8 Å². The van der Waals surface area contributed by atoms with Crippen molar-refractivity contribution in [1.29, 1.82) is 0 Å². The monoisotopic (exact) mass is 251 g/mol. The van der Waals surface area contributed by atoms with Crippen LogP contribution in [-0.4, -0.2) is 29.8 Å². The molecule has 0 unspecified atom stereocenters. The molecule has 0 aliphatic heterocycles. The maximum atomic E-state index is 11.7. The minimum absolute atomic E-state index is 0.0170. The average molecular weight is 251 g/mol. The number of aromatic carboxylic acids is 1. The number of hydrogen-bond acceptors (Lipinski definition) is 5. The van der Waals surface area contributed by atoms with E-state index in [4.69, 9.17) is 15.6 Å². The van der Waals surface area contributed by atoms with Crippen LogP contribution < -0.4 is 10.5 Å². The highest BCUT2D eigenvalue weighted by molar-refractivity contribution is 6.13. The number of ketones is 2. The fraction of sp³-hybridized carbons (Fsp3) is 0.250. The van der Waals surface area contributed by atoms with Gasteiger partial charge in [-0.25, -0.2) is 4.79 Å². The summed E-state index contributed by atoms with van der Waals surface area (Å²) in [5.74, 6) is -2.04. The van der Waals surface area contributed by atoms with Crippen molar-refractivity contribution >= 4 is 23.2 Å². The number of hydrogen-bond donors (Lipinski definition) is 2. The van der Waals surface area contributed by atoms with E-state index in [0.29, 0.717) is 0 Å². The molecule has 1 aromatic rings. The summed E-state index contributed by atoms with van der Waals surface area (Å²) in [5.41, 5.74) is 5.20. The quantitative estimate of drug-likeness (QED) is 0.461. The molecule has 0 aliphatic rings. The lowest BCUT2D eigenvalue weighted by atomic mass is 10.00. The summed E-state index contributed by atoms with van der Waals surface area (Å²) in [4.78, 5) is 33.7. The van der Waals surface area contributed by atoms with Crippen LogP contribution in [0.2, 0.25) is 0 Å². The highest BCUT2D eigenvalue weighted by atomic mass is 16.5. The first-order valence-corrected chi connectivity index (χ1v) is 5.10. The first-order chi connectivity index (χ1) is 8.38. The van der Waals surface area contributed by atoms with Crippen molar-refractivity contribution in [1.82, 2.24) is 0 Å². The Morgan fingerprint density at radius 2 is 1.94 bits per heavy atom. The van der Waals surface area contributed by atoms with E-state index in [1.165, 1.54) is 26.2 Å². The number of nitrogens with two attached hydrogens (primary N) is 1. The Labute approximate surface area is 103 Å². The van der Waals surface area contributed by atoms with Gasteiger partial charge < -0.3 is 15.6 Å². The fourth-order valence-electron chi connectivity index (χ4n) is 1.55. The van der Waals surface area contributed by atoms with Gasteiger partial charge in [-0.3, -0.25) is 9.59 Å². The number of Topliss-reactive ketones (excluding diaryl/α,β-unsaturated/α-hetero) is 2. The van der Waals surface area contributed by atoms with Crippen LogP contribution in [0.1, 0.15) is 34.1 Å². The molecule has 1 rings (SSSR count). The Hall–Kier alpha value is -2.37. The van der Waals surface area contributed by atoms with Crippen molar-refractivity contribution in [3.05, 3.63) is 23.3 Å². The Morgan fingerprint density at radius 3 is 2.39 bits per heavy atom. The van der Waals surface area contributed by atoms with E-state index in [-0.39, 0.29) is 34.8 Å². The Bertz CT molecular complexity index is 521. The summed E-state index contributed by atoms with van der Waals surface area (Å²) in [7, 11) is 1.30. The predicted octanol–water partition coefficient (Wildman–Crippen LogP) is 1.14. The van der Waals surface area contributed by atoms with E-state index in [9.17, 15) is 14.4 Å². The first kappa shape index (κ1) is 13.7. The fourth-order valence-corrected chi connectivity index (χ4v) is 1.55. The number of benzene rings is 1. The smallest absolute Gasteiger partial charge is 0.341 e. The molecule has 0 atom stereocenters. The third kappa shape index (κ3) is 2.65. The van der Waals surface area contributed by atoms with Crippen LogP contribution in [0.5, 0.6) is 5.75 Å². The summed E-state index contributed by atoms with van der Waals surface area (Å²) < 4.78 is 4.86. The normalized spacial score (nSPS) is 9.89. The van der Waals surface area contributed by atoms with Gasteiger partial charge in [-0.2, -0.15) is 0 Å². The maximum absolute atomic E-state index is 11.7.